The molecule has 1 amide bonds. The zero-order chi connectivity index (χ0) is 14.2. The molecule has 1 aliphatic carbocycles. The normalized spacial score (nSPS) is 17.9. The molecule has 1 saturated carbocycles. The molecule has 1 fully saturated rings. The topological polar surface area (TPSA) is 78.3 Å². The Morgan fingerprint density at radius 1 is 1.37 bits per heavy atom. The minimum atomic E-state index is -1.04. The van der Waals surface area contributed by atoms with Gasteiger partial charge in [-0.1, -0.05) is 6.07 Å². The van der Waals surface area contributed by atoms with Gasteiger partial charge in [-0.15, -0.1) is 0 Å². The molecule has 1 aromatic rings. The lowest BCUT2D eigenvalue weighted by atomic mass is 9.95. The molecule has 2 rings (SSSR count). The van der Waals surface area contributed by atoms with Crippen molar-refractivity contribution in [1.29, 1.82) is 0 Å². The molecule has 4 nitrogen and oxygen atoms in total. The summed E-state index contributed by atoms with van der Waals surface area (Å²) >= 11 is 0. The standard InChI is InChI=1S/C15H22N2O2/c1-9-6-10(2)11(3)13(7-9)19-8-15(17,14(16)18)12-4-5-12/h6-7,12H,4-5,8,17H2,1-3H3,(H2,16,18). The molecule has 1 aromatic carbocycles. The smallest absolute Gasteiger partial charge is 0.241 e. The van der Waals surface area contributed by atoms with Crippen LogP contribution in [0.1, 0.15) is 29.5 Å². The molecular weight excluding hydrogens is 240 g/mol. The van der Waals surface area contributed by atoms with Crippen molar-refractivity contribution in [1.82, 2.24) is 0 Å². The summed E-state index contributed by atoms with van der Waals surface area (Å²) in [6, 6.07) is 4.07. The maximum atomic E-state index is 11.6. The van der Waals surface area contributed by atoms with Crippen LogP contribution in [-0.4, -0.2) is 18.1 Å². The highest BCUT2D eigenvalue weighted by Gasteiger charge is 2.47. The van der Waals surface area contributed by atoms with E-state index in [2.05, 4.69) is 6.07 Å². The quantitative estimate of drug-likeness (QED) is 0.845. The van der Waals surface area contributed by atoms with Crippen LogP contribution < -0.4 is 16.2 Å². The van der Waals surface area contributed by atoms with E-state index in [9.17, 15) is 4.79 Å². The van der Waals surface area contributed by atoms with Gasteiger partial charge in [0.2, 0.25) is 5.91 Å². The number of nitrogens with two attached hydrogens (primary N) is 2. The fraction of sp³-hybridized carbons (Fsp3) is 0.533. The lowest BCUT2D eigenvalue weighted by molar-refractivity contribution is -0.125. The highest BCUT2D eigenvalue weighted by molar-refractivity contribution is 5.85. The van der Waals surface area contributed by atoms with Gasteiger partial charge in [-0.05, 0) is 62.3 Å². The van der Waals surface area contributed by atoms with E-state index < -0.39 is 11.4 Å². The third-order valence-electron chi connectivity index (χ3n) is 4.00. The first kappa shape index (κ1) is 13.9. The summed E-state index contributed by atoms with van der Waals surface area (Å²) in [5.41, 5.74) is 13.9. The van der Waals surface area contributed by atoms with Gasteiger partial charge in [0.1, 0.15) is 17.9 Å². The Kier molecular flexibility index (Phi) is 3.54. The second-order valence-corrected chi connectivity index (χ2v) is 5.67. The third-order valence-corrected chi connectivity index (χ3v) is 4.00. The van der Waals surface area contributed by atoms with Gasteiger partial charge in [0.05, 0.1) is 0 Å². The number of ether oxygens (including phenoxy) is 1. The van der Waals surface area contributed by atoms with Crippen LogP contribution in [0.4, 0.5) is 0 Å². The number of amides is 1. The fourth-order valence-corrected chi connectivity index (χ4v) is 2.34. The number of aryl methyl sites for hydroxylation is 2. The molecule has 1 aliphatic rings. The molecule has 0 spiro atoms. The number of rotatable bonds is 5. The van der Waals surface area contributed by atoms with Crippen LogP contribution in [0.25, 0.3) is 0 Å². The van der Waals surface area contributed by atoms with Crippen LogP contribution >= 0.6 is 0 Å². The van der Waals surface area contributed by atoms with E-state index >= 15 is 0 Å². The zero-order valence-corrected chi connectivity index (χ0v) is 11.8. The average molecular weight is 262 g/mol. The second-order valence-electron chi connectivity index (χ2n) is 5.67. The molecule has 0 aromatic heterocycles. The number of primary amides is 1. The summed E-state index contributed by atoms with van der Waals surface area (Å²) in [7, 11) is 0. The number of carbonyl (C=O) groups is 1. The Hall–Kier alpha value is -1.55. The van der Waals surface area contributed by atoms with Crippen molar-refractivity contribution in [2.24, 2.45) is 17.4 Å². The van der Waals surface area contributed by atoms with Gasteiger partial charge in [0.15, 0.2) is 0 Å². The summed E-state index contributed by atoms with van der Waals surface area (Å²) in [5.74, 6) is 0.475. The van der Waals surface area contributed by atoms with Gasteiger partial charge in [-0.2, -0.15) is 0 Å². The molecule has 4 N–H and O–H groups in total. The lowest BCUT2D eigenvalue weighted by Crippen LogP contribution is -2.58. The average Bonchev–Trinajstić information content (AvgIpc) is 3.15. The van der Waals surface area contributed by atoms with Gasteiger partial charge in [-0.3, -0.25) is 4.79 Å². The van der Waals surface area contributed by atoms with Crippen molar-refractivity contribution in [3.8, 4) is 5.75 Å². The van der Waals surface area contributed by atoms with Crippen molar-refractivity contribution >= 4 is 5.91 Å². The zero-order valence-electron chi connectivity index (χ0n) is 11.8. The van der Waals surface area contributed by atoms with E-state index in [4.69, 9.17) is 16.2 Å². The van der Waals surface area contributed by atoms with Crippen LogP contribution in [0, 0.1) is 26.7 Å². The predicted octanol–water partition coefficient (Wildman–Crippen LogP) is 1.58. The third kappa shape index (κ3) is 2.73. The molecule has 0 aliphatic heterocycles. The van der Waals surface area contributed by atoms with E-state index in [1.165, 1.54) is 5.56 Å². The Morgan fingerprint density at radius 3 is 2.53 bits per heavy atom. The van der Waals surface area contributed by atoms with Crippen LogP contribution in [0.3, 0.4) is 0 Å². The van der Waals surface area contributed by atoms with E-state index in [1.807, 2.05) is 26.8 Å². The molecule has 0 saturated heterocycles. The van der Waals surface area contributed by atoms with Gasteiger partial charge in [-0.25, -0.2) is 0 Å². The van der Waals surface area contributed by atoms with Gasteiger partial charge >= 0.3 is 0 Å². The highest BCUT2D eigenvalue weighted by atomic mass is 16.5. The predicted molar refractivity (Wildman–Crippen MR) is 75.0 cm³/mol. The number of hydrogen-bond acceptors (Lipinski definition) is 3. The second kappa shape index (κ2) is 4.85. The maximum Gasteiger partial charge on any atom is 0.241 e. The van der Waals surface area contributed by atoms with Crippen LogP contribution in [-0.2, 0) is 4.79 Å². The molecule has 0 bridgehead atoms. The lowest BCUT2D eigenvalue weighted by Gasteiger charge is -2.26. The summed E-state index contributed by atoms with van der Waals surface area (Å²) in [6.07, 6.45) is 1.91. The summed E-state index contributed by atoms with van der Waals surface area (Å²) in [6.45, 7) is 6.21. The first-order chi connectivity index (χ1) is 8.84. The molecule has 4 heteroatoms. The van der Waals surface area contributed by atoms with Gasteiger partial charge in [0, 0.05) is 0 Å². The van der Waals surface area contributed by atoms with E-state index in [1.54, 1.807) is 0 Å². The molecule has 0 heterocycles. The largest absolute Gasteiger partial charge is 0.491 e. The fourth-order valence-electron chi connectivity index (χ4n) is 2.34. The minimum absolute atomic E-state index is 0.150. The molecule has 1 atom stereocenters. The maximum absolute atomic E-state index is 11.6. The van der Waals surface area contributed by atoms with Gasteiger partial charge in [0.25, 0.3) is 0 Å². The molecule has 1 unspecified atom stereocenters. The van der Waals surface area contributed by atoms with E-state index in [-0.39, 0.29) is 12.5 Å². The number of benzene rings is 1. The van der Waals surface area contributed by atoms with Crippen molar-refractivity contribution in [3.05, 3.63) is 28.8 Å². The summed E-state index contributed by atoms with van der Waals surface area (Å²) in [5, 5.41) is 0. The Bertz CT molecular complexity index is 509. The van der Waals surface area contributed by atoms with Crippen LogP contribution in [0.2, 0.25) is 0 Å². The molecule has 19 heavy (non-hydrogen) atoms. The van der Waals surface area contributed by atoms with Gasteiger partial charge < -0.3 is 16.2 Å². The number of carbonyl (C=O) groups excluding carboxylic acids is 1. The first-order valence-corrected chi connectivity index (χ1v) is 6.64. The van der Waals surface area contributed by atoms with E-state index in [0.717, 1.165) is 29.7 Å². The molecule has 0 radical (unpaired) electrons. The highest BCUT2D eigenvalue weighted by Crippen LogP contribution is 2.38. The van der Waals surface area contributed by atoms with Crippen LogP contribution in [0.15, 0.2) is 12.1 Å². The monoisotopic (exact) mass is 262 g/mol. The molecular formula is C15H22N2O2. The Morgan fingerprint density at radius 2 is 2.00 bits per heavy atom. The SMILES string of the molecule is Cc1cc(C)c(C)c(OCC(N)(C(N)=O)C2CC2)c1. The van der Waals surface area contributed by atoms with Crippen molar-refractivity contribution < 1.29 is 9.53 Å². The first-order valence-electron chi connectivity index (χ1n) is 6.64. The minimum Gasteiger partial charge on any atom is -0.491 e. The van der Waals surface area contributed by atoms with Crippen molar-refractivity contribution in [3.63, 3.8) is 0 Å². The molecule has 104 valence electrons. The summed E-state index contributed by atoms with van der Waals surface area (Å²) < 4.78 is 5.80. The van der Waals surface area contributed by atoms with E-state index in [0.29, 0.717) is 0 Å². The Balaban J connectivity index is 2.16. The summed E-state index contributed by atoms with van der Waals surface area (Å²) in [4.78, 5) is 11.6. The van der Waals surface area contributed by atoms with Crippen molar-refractivity contribution in [2.75, 3.05) is 6.61 Å². The number of hydrogen-bond donors (Lipinski definition) is 2. The van der Waals surface area contributed by atoms with Crippen molar-refractivity contribution in [2.45, 2.75) is 39.2 Å². The Labute approximate surface area is 114 Å². The van der Waals surface area contributed by atoms with Crippen LogP contribution in [0.5, 0.6) is 5.75 Å².